The van der Waals surface area contributed by atoms with Crippen LogP contribution in [0.1, 0.15) is 110 Å². The van der Waals surface area contributed by atoms with E-state index in [2.05, 4.69) is 10.6 Å². The molecule has 2 unspecified atom stereocenters. The van der Waals surface area contributed by atoms with Crippen molar-refractivity contribution in [1.82, 2.24) is 15.6 Å². The first-order valence-corrected chi connectivity index (χ1v) is 15.6. The molecule has 0 bridgehead atoms. The molecule has 1 saturated heterocycles. The van der Waals surface area contributed by atoms with Gasteiger partial charge in [0.05, 0.1) is 17.2 Å². The number of halogens is 6. The lowest BCUT2D eigenvalue weighted by Crippen LogP contribution is -2.30. The lowest BCUT2D eigenvalue weighted by atomic mass is 9.80. The quantitative estimate of drug-likeness (QED) is 0.233. The first-order chi connectivity index (χ1) is 21.1. The third-order valence-electron chi connectivity index (χ3n) is 9.81. The number of benzene rings is 1. The zero-order chi connectivity index (χ0) is 32.7. The van der Waals surface area contributed by atoms with Gasteiger partial charge in [-0.15, -0.1) is 0 Å². The molecule has 246 valence electrons. The molecule has 4 atom stereocenters. The van der Waals surface area contributed by atoms with E-state index in [0.29, 0.717) is 29.7 Å². The molecule has 3 fully saturated rings. The molecule has 1 aromatic heterocycles. The number of hydrogen-bond donors (Lipinski definition) is 3. The van der Waals surface area contributed by atoms with Gasteiger partial charge in [0.2, 0.25) is 5.91 Å². The monoisotopic (exact) mass is 639 g/mol. The van der Waals surface area contributed by atoms with Crippen molar-refractivity contribution < 1.29 is 41.0 Å². The van der Waals surface area contributed by atoms with Crippen LogP contribution in [0.2, 0.25) is 0 Å². The summed E-state index contributed by atoms with van der Waals surface area (Å²) in [4.78, 5) is 29.2. The van der Waals surface area contributed by atoms with Crippen LogP contribution in [-0.4, -0.2) is 28.5 Å². The van der Waals surface area contributed by atoms with Gasteiger partial charge in [-0.3, -0.25) is 14.6 Å². The van der Waals surface area contributed by atoms with Crippen molar-refractivity contribution >= 4 is 11.9 Å². The molecule has 0 radical (unpaired) electrons. The number of carbonyl (C=O) groups excluding carboxylic acids is 1. The number of nitrogens with zero attached hydrogens (tertiary/aromatic N) is 1. The zero-order valence-corrected chi connectivity index (χ0v) is 25.3. The van der Waals surface area contributed by atoms with Crippen LogP contribution in [0.15, 0.2) is 30.3 Å². The molecule has 2 saturated carbocycles. The summed E-state index contributed by atoms with van der Waals surface area (Å²) in [7, 11) is 0. The summed E-state index contributed by atoms with van der Waals surface area (Å²) in [6.45, 7) is 4.42. The summed E-state index contributed by atoms with van der Waals surface area (Å²) in [5.74, 6) is -1.52. The highest BCUT2D eigenvalue weighted by Crippen LogP contribution is 2.43. The highest BCUT2D eigenvalue weighted by molar-refractivity contribution is 5.82. The number of carbonyl (C=O) groups is 2. The molecule has 12 heteroatoms. The first-order valence-electron chi connectivity index (χ1n) is 15.6. The van der Waals surface area contributed by atoms with Crippen LogP contribution in [-0.2, 0) is 28.4 Å². The van der Waals surface area contributed by atoms with Gasteiger partial charge in [0.1, 0.15) is 0 Å². The van der Waals surface area contributed by atoms with Crippen molar-refractivity contribution in [3.05, 3.63) is 64.0 Å². The average molecular weight is 640 g/mol. The normalized spacial score (nSPS) is 26.5. The van der Waals surface area contributed by atoms with Crippen LogP contribution in [0.4, 0.5) is 26.3 Å². The van der Waals surface area contributed by atoms with Gasteiger partial charge in [-0.1, -0.05) is 13.0 Å². The van der Waals surface area contributed by atoms with Crippen molar-refractivity contribution in [3.8, 4) is 0 Å². The molecule has 1 aromatic carbocycles. The van der Waals surface area contributed by atoms with Gasteiger partial charge in [-0.2, -0.15) is 26.3 Å². The molecule has 3 N–H and O–H groups in total. The lowest BCUT2D eigenvalue weighted by Gasteiger charge is -2.29. The molecule has 1 amide bonds. The number of nitrogens with one attached hydrogen (secondary N) is 2. The van der Waals surface area contributed by atoms with Crippen LogP contribution in [0.5, 0.6) is 0 Å². The van der Waals surface area contributed by atoms with E-state index in [-0.39, 0.29) is 36.4 Å². The SMILES string of the molecule is CC(NCC1CCC(CC(=O)O)CC1)c1ccc(C2CC2)nc1CC1C(=O)N[C@@H](c2cc(C(F)(F)F)cc(C(F)(F)F)c2)[C@H]1C. The summed E-state index contributed by atoms with van der Waals surface area (Å²) in [6.07, 6.45) is -3.89. The number of carboxylic acid groups (broad SMARTS) is 1. The number of amides is 1. The van der Waals surface area contributed by atoms with E-state index in [1.807, 2.05) is 19.1 Å². The Balaban J connectivity index is 1.33. The Labute approximate surface area is 258 Å². The second-order valence-electron chi connectivity index (χ2n) is 13.2. The number of pyridine rings is 1. The fourth-order valence-electron chi connectivity index (χ4n) is 6.93. The van der Waals surface area contributed by atoms with Gasteiger partial charge >= 0.3 is 18.3 Å². The standard InChI is InChI=1S/C33H39F6N3O3/c1-17-26(31(45)42-30(17)22-12-23(32(34,35)36)14-24(13-22)33(37,38)39)15-28-25(9-10-27(41-28)21-7-8-21)18(2)40-16-20-5-3-19(4-6-20)11-29(43)44/h9-10,12-14,17-21,26,30,40H,3-8,11,15-16H2,1-2H3,(H,42,45)(H,43,44)/t17-,18?,19?,20?,26?,30+/m0/s1. The number of aliphatic carboxylic acids is 1. The summed E-state index contributed by atoms with van der Waals surface area (Å²) in [5, 5.41) is 15.3. The highest BCUT2D eigenvalue weighted by Gasteiger charge is 2.44. The van der Waals surface area contributed by atoms with E-state index in [9.17, 15) is 35.9 Å². The maximum atomic E-state index is 13.5. The van der Waals surface area contributed by atoms with Crippen LogP contribution in [0.3, 0.4) is 0 Å². The third kappa shape index (κ3) is 7.99. The Bertz CT molecular complexity index is 1370. The minimum Gasteiger partial charge on any atom is -0.481 e. The Kier molecular flexibility index (Phi) is 9.54. The number of carboxylic acids is 1. The van der Waals surface area contributed by atoms with Gasteiger partial charge in [-0.05, 0) is 105 Å². The summed E-state index contributed by atoms with van der Waals surface area (Å²) in [5.41, 5.74) is -0.512. The molecule has 6 nitrogen and oxygen atoms in total. The maximum Gasteiger partial charge on any atom is 0.416 e. The number of alkyl halides is 6. The summed E-state index contributed by atoms with van der Waals surface area (Å²) in [6, 6.07) is 4.34. The fraction of sp³-hybridized carbons (Fsp3) is 0.606. The van der Waals surface area contributed by atoms with Crippen LogP contribution in [0, 0.1) is 23.7 Å². The van der Waals surface area contributed by atoms with E-state index in [1.54, 1.807) is 6.92 Å². The van der Waals surface area contributed by atoms with Crippen molar-refractivity contribution in [2.45, 2.75) is 95.6 Å². The maximum absolute atomic E-state index is 13.5. The van der Waals surface area contributed by atoms with Gasteiger partial charge < -0.3 is 15.7 Å². The van der Waals surface area contributed by atoms with Gasteiger partial charge in [0, 0.05) is 42.1 Å². The predicted octanol–water partition coefficient (Wildman–Crippen LogP) is 7.59. The molecule has 2 aromatic rings. The van der Waals surface area contributed by atoms with Crippen LogP contribution >= 0.6 is 0 Å². The van der Waals surface area contributed by atoms with Crippen molar-refractivity contribution in [2.75, 3.05) is 6.54 Å². The van der Waals surface area contributed by atoms with Crippen LogP contribution < -0.4 is 10.6 Å². The average Bonchev–Trinajstić information content (AvgIpc) is 3.78. The molecular formula is C33H39F6N3O3. The molecule has 1 aliphatic heterocycles. The second-order valence-corrected chi connectivity index (χ2v) is 13.2. The summed E-state index contributed by atoms with van der Waals surface area (Å²) >= 11 is 0. The van der Waals surface area contributed by atoms with Crippen molar-refractivity contribution in [2.24, 2.45) is 23.7 Å². The molecular weight excluding hydrogens is 600 g/mol. The van der Waals surface area contributed by atoms with E-state index in [4.69, 9.17) is 10.1 Å². The Hall–Kier alpha value is -3.15. The Morgan fingerprint density at radius 2 is 1.58 bits per heavy atom. The predicted molar refractivity (Wildman–Crippen MR) is 154 cm³/mol. The topological polar surface area (TPSA) is 91.3 Å². The number of hydrogen-bond acceptors (Lipinski definition) is 4. The first kappa shape index (κ1) is 33.2. The van der Waals surface area contributed by atoms with Crippen LogP contribution in [0.25, 0.3) is 0 Å². The molecule has 0 spiro atoms. The Morgan fingerprint density at radius 3 is 2.13 bits per heavy atom. The minimum atomic E-state index is -4.98. The Morgan fingerprint density at radius 1 is 0.978 bits per heavy atom. The third-order valence-corrected chi connectivity index (χ3v) is 9.81. The highest BCUT2D eigenvalue weighted by atomic mass is 19.4. The van der Waals surface area contributed by atoms with Gasteiger partial charge in [0.15, 0.2) is 0 Å². The number of aromatic nitrogens is 1. The summed E-state index contributed by atoms with van der Waals surface area (Å²) < 4.78 is 81.3. The van der Waals surface area contributed by atoms with E-state index in [1.165, 1.54) is 0 Å². The molecule has 45 heavy (non-hydrogen) atoms. The number of rotatable bonds is 10. The second kappa shape index (κ2) is 12.9. The largest absolute Gasteiger partial charge is 0.481 e. The van der Waals surface area contributed by atoms with E-state index in [0.717, 1.165) is 56.3 Å². The molecule has 5 rings (SSSR count). The van der Waals surface area contributed by atoms with Crippen molar-refractivity contribution in [3.63, 3.8) is 0 Å². The fourth-order valence-corrected chi connectivity index (χ4v) is 6.93. The smallest absolute Gasteiger partial charge is 0.416 e. The minimum absolute atomic E-state index is 0.0953. The van der Waals surface area contributed by atoms with E-state index < -0.39 is 53.2 Å². The van der Waals surface area contributed by atoms with Gasteiger partial charge in [0.25, 0.3) is 0 Å². The van der Waals surface area contributed by atoms with Crippen molar-refractivity contribution in [1.29, 1.82) is 0 Å². The van der Waals surface area contributed by atoms with Gasteiger partial charge in [-0.25, -0.2) is 0 Å². The zero-order valence-electron chi connectivity index (χ0n) is 25.3. The molecule has 2 aliphatic carbocycles. The lowest BCUT2D eigenvalue weighted by molar-refractivity contribution is -0.143. The van der Waals surface area contributed by atoms with E-state index >= 15 is 0 Å². The molecule has 3 aliphatic rings. The molecule has 2 heterocycles.